The normalized spacial score (nSPS) is 11.0. The molecule has 1 N–H and O–H groups in total. The average molecular weight is 543 g/mol. The summed E-state index contributed by atoms with van der Waals surface area (Å²) in [4.78, 5) is 24.7. The van der Waals surface area contributed by atoms with Crippen LogP contribution in [0.2, 0.25) is 0 Å². The van der Waals surface area contributed by atoms with Crippen molar-refractivity contribution in [2.24, 2.45) is 0 Å². The molecule has 0 radical (unpaired) electrons. The van der Waals surface area contributed by atoms with Gasteiger partial charge >= 0.3 is 5.97 Å². The van der Waals surface area contributed by atoms with Crippen LogP contribution >= 0.6 is 0 Å². The molecule has 9 nitrogen and oxygen atoms in total. The van der Waals surface area contributed by atoms with Gasteiger partial charge in [-0.15, -0.1) is 0 Å². The van der Waals surface area contributed by atoms with Crippen LogP contribution < -0.4 is 24.3 Å². The number of nitrogens with zero attached hydrogens (tertiary/aromatic N) is 1. The minimum atomic E-state index is -0.625. The number of ether oxygens (including phenoxy) is 5. The molecule has 3 aromatic rings. The Kier molecular flexibility index (Phi) is 11.3. The zero-order chi connectivity index (χ0) is 28.7. The molecule has 0 aliphatic carbocycles. The Morgan fingerprint density at radius 1 is 0.875 bits per heavy atom. The van der Waals surface area contributed by atoms with Gasteiger partial charge in [0, 0.05) is 19.7 Å². The van der Waals surface area contributed by atoms with Crippen molar-refractivity contribution in [2.45, 2.75) is 6.61 Å². The number of esters is 1. The second-order valence-electron chi connectivity index (χ2n) is 8.27. The first-order valence-electron chi connectivity index (χ1n) is 12.3. The van der Waals surface area contributed by atoms with Gasteiger partial charge < -0.3 is 29.0 Å². The van der Waals surface area contributed by atoms with Gasteiger partial charge in [0.2, 0.25) is 0 Å². The summed E-state index contributed by atoms with van der Waals surface area (Å²) < 4.78 is 27.0. The van der Waals surface area contributed by atoms with Crippen LogP contribution in [0.4, 0.5) is 0 Å². The monoisotopic (exact) mass is 542 g/mol. The molecule has 0 bridgehead atoms. The molecule has 0 unspecified atom stereocenters. The maximum absolute atomic E-state index is 12.5. The lowest BCUT2D eigenvalue weighted by Crippen LogP contribution is -2.27. The predicted octanol–water partition coefficient (Wildman–Crippen LogP) is 4.57. The molecule has 0 aliphatic rings. The zero-order valence-electron chi connectivity index (χ0n) is 22.5. The molecule has 0 saturated heterocycles. The molecule has 40 heavy (non-hydrogen) atoms. The van der Waals surface area contributed by atoms with E-state index in [-0.39, 0.29) is 23.6 Å². The lowest BCUT2D eigenvalue weighted by Gasteiger charge is -2.11. The van der Waals surface area contributed by atoms with Crippen LogP contribution in [0.15, 0.2) is 78.4 Å². The summed E-state index contributed by atoms with van der Waals surface area (Å²) in [7, 11) is 4.49. The standard InChI is InChI=1S/C31H30N2O7/c1-36-16-15-33-31(35)25(20-32)17-24-10-13-27(29(19-24)38-3)40-30(34)14-11-22-9-12-26(28(18-22)37-2)39-21-23-7-5-4-6-8-23/h4-14,17-19H,15-16,21H2,1-3H3,(H,33,35)/b14-11+,25-17+. The number of methoxy groups -OCH3 is 3. The summed E-state index contributed by atoms with van der Waals surface area (Å²) in [5.74, 6) is 0.401. The molecule has 206 valence electrons. The largest absolute Gasteiger partial charge is 0.493 e. The minimum Gasteiger partial charge on any atom is -0.493 e. The van der Waals surface area contributed by atoms with Gasteiger partial charge in [-0.2, -0.15) is 5.26 Å². The second kappa shape index (κ2) is 15.4. The summed E-state index contributed by atoms with van der Waals surface area (Å²) in [5, 5.41) is 11.9. The molecule has 0 aromatic heterocycles. The van der Waals surface area contributed by atoms with Crippen LogP contribution in [0, 0.1) is 11.3 Å². The first kappa shape index (κ1) is 29.5. The molecule has 0 fully saturated rings. The van der Waals surface area contributed by atoms with Crippen LogP contribution in [0.1, 0.15) is 16.7 Å². The van der Waals surface area contributed by atoms with Crippen molar-refractivity contribution in [2.75, 3.05) is 34.5 Å². The Balaban J connectivity index is 1.65. The van der Waals surface area contributed by atoms with Crippen molar-refractivity contribution in [3.05, 3.63) is 95.1 Å². The van der Waals surface area contributed by atoms with E-state index in [2.05, 4.69) is 5.32 Å². The number of carbonyl (C=O) groups excluding carboxylic acids is 2. The Bertz CT molecular complexity index is 1410. The predicted molar refractivity (Wildman–Crippen MR) is 150 cm³/mol. The highest BCUT2D eigenvalue weighted by Gasteiger charge is 2.12. The van der Waals surface area contributed by atoms with Crippen LogP contribution in [0.25, 0.3) is 12.2 Å². The molecular weight excluding hydrogens is 512 g/mol. The number of amides is 1. The van der Waals surface area contributed by atoms with E-state index in [4.69, 9.17) is 23.7 Å². The fourth-order valence-electron chi connectivity index (χ4n) is 3.48. The van der Waals surface area contributed by atoms with Gasteiger partial charge in [0.1, 0.15) is 18.2 Å². The van der Waals surface area contributed by atoms with E-state index in [1.807, 2.05) is 36.4 Å². The summed E-state index contributed by atoms with van der Waals surface area (Å²) in [6, 6.07) is 21.7. The van der Waals surface area contributed by atoms with Crippen molar-refractivity contribution in [3.8, 4) is 29.1 Å². The lowest BCUT2D eigenvalue weighted by atomic mass is 10.1. The number of benzene rings is 3. The third-order valence-electron chi connectivity index (χ3n) is 5.50. The highest BCUT2D eigenvalue weighted by atomic mass is 16.6. The van der Waals surface area contributed by atoms with Crippen LogP contribution in [-0.2, 0) is 20.9 Å². The molecule has 3 aromatic carbocycles. The van der Waals surface area contributed by atoms with Crippen molar-refractivity contribution in [1.82, 2.24) is 5.32 Å². The fourth-order valence-corrected chi connectivity index (χ4v) is 3.48. The first-order chi connectivity index (χ1) is 19.5. The number of hydrogen-bond donors (Lipinski definition) is 1. The SMILES string of the molecule is COCCNC(=O)/C(C#N)=C/c1ccc(OC(=O)/C=C/c2ccc(OCc3ccccc3)c(OC)c2)c(OC)c1. The number of nitriles is 1. The molecular formula is C31H30N2O7. The van der Waals surface area contributed by atoms with Gasteiger partial charge in [-0.1, -0.05) is 42.5 Å². The first-order valence-corrected chi connectivity index (χ1v) is 12.3. The number of rotatable bonds is 13. The molecule has 3 rings (SSSR count). The highest BCUT2D eigenvalue weighted by Crippen LogP contribution is 2.31. The van der Waals surface area contributed by atoms with Gasteiger partial charge in [0.05, 0.1) is 20.8 Å². The molecule has 0 heterocycles. The van der Waals surface area contributed by atoms with Gasteiger partial charge in [-0.3, -0.25) is 4.79 Å². The zero-order valence-corrected chi connectivity index (χ0v) is 22.5. The molecule has 0 aliphatic heterocycles. The van der Waals surface area contributed by atoms with Crippen molar-refractivity contribution in [1.29, 1.82) is 5.26 Å². The Morgan fingerprint density at radius 2 is 1.55 bits per heavy atom. The molecule has 1 amide bonds. The summed E-state index contributed by atoms with van der Waals surface area (Å²) in [6.45, 7) is 1.00. The van der Waals surface area contributed by atoms with Crippen LogP contribution in [-0.4, -0.2) is 46.4 Å². The van der Waals surface area contributed by atoms with E-state index in [0.29, 0.717) is 35.8 Å². The van der Waals surface area contributed by atoms with Crippen molar-refractivity contribution >= 4 is 24.0 Å². The van der Waals surface area contributed by atoms with Crippen molar-refractivity contribution < 1.29 is 33.3 Å². The Labute approximate surface area is 233 Å². The topological polar surface area (TPSA) is 116 Å². The third-order valence-corrected chi connectivity index (χ3v) is 5.50. The molecule has 0 atom stereocenters. The van der Waals surface area contributed by atoms with Crippen LogP contribution in [0.5, 0.6) is 23.0 Å². The highest BCUT2D eigenvalue weighted by molar-refractivity contribution is 6.01. The molecule has 0 spiro atoms. The summed E-state index contributed by atoms with van der Waals surface area (Å²) in [6.07, 6.45) is 4.29. The molecule has 9 heteroatoms. The third kappa shape index (κ3) is 8.75. The maximum atomic E-state index is 12.5. The number of nitrogens with one attached hydrogen (secondary N) is 1. The van der Waals surface area contributed by atoms with E-state index >= 15 is 0 Å². The number of hydrogen-bond acceptors (Lipinski definition) is 8. The fraction of sp³-hybridized carbons (Fsp3) is 0.194. The molecule has 0 saturated carbocycles. The Hall–Kier alpha value is -5.07. The van der Waals surface area contributed by atoms with Crippen molar-refractivity contribution in [3.63, 3.8) is 0 Å². The van der Waals surface area contributed by atoms with E-state index in [9.17, 15) is 14.9 Å². The quantitative estimate of drug-likeness (QED) is 0.110. The lowest BCUT2D eigenvalue weighted by molar-refractivity contribution is -0.129. The minimum absolute atomic E-state index is 0.0854. The van der Waals surface area contributed by atoms with Crippen LogP contribution in [0.3, 0.4) is 0 Å². The second-order valence-corrected chi connectivity index (χ2v) is 8.27. The van der Waals surface area contributed by atoms with Gasteiger partial charge in [0.15, 0.2) is 23.0 Å². The van der Waals surface area contributed by atoms with E-state index < -0.39 is 11.9 Å². The summed E-state index contributed by atoms with van der Waals surface area (Å²) >= 11 is 0. The van der Waals surface area contributed by atoms with Gasteiger partial charge in [-0.25, -0.2) is 4.79 Å². The average Bonchev–Trinajstić information content (AvgIpc) is 2.99. The van der Waals surface area contributed by atoms with E-state index in [1.165, 1.54) is 32.4 Å². The number of carbonyl (C=O) groups is 2. The maximum Gasteiger partial charge on any atom is 0.336 e. The van der Waals surface area contributed by atoms with Gasteiger partial charge in [-0.05, 0) is 53.1 Å². The van der Waals surface area contributed by atoms with E-state index in [0.717, 1.165) is 5.56 Å². The Morgan fingerprint density at radius 3 is 2.25 bits per heavy atom. The van der Waals surface area contributed by atoms with E-state index in [1.54, 1.807) is 43.5 Å². The smallest absolute Gasteiger partial charge is 0.336 e. The van der Waals surface area contributed by atoms with Gasteiger partial charge in [0.25, 0.3) is 5.91 Å². The summed E-state index contributed by atoms with van der Waals surface area (Å²) in [5.41, 5.74) is 2.18.